The molecule has 0 aliphatic heterocycles. The maximum atomic E-state index is 11.9. The van der Waals surface area contributed by atoms with Crippen LogP contribution in [-0.4, -0.2) is 20.5 Å². The summed E-state index contributed by atoms with van der Waals surface area (Å²) in [5.74, 6) is -0.0746. The molecule has 7 heteroatoms. The number of aromatic nitrogens is 3. The lowest BCUT2D eigenvalue weighted by Crippen LogP contribution is -2.21. The lowest BCUT2D eigenvalue weighted by Gasteiger charge is -2.04. The van der Waals surface area contributed by atoms with Crippen molar-refractivity contribution in [3.05, 3.63) is 51.0 Å². The molecule has 96 valence electrons. The molecule has 0 unspecified atom stereocenters. The molecule has 5 nitrogen and oxygen atoms in total. The fourth-order valence-electron chi connectivity index (χ4n) is 1.67. The van der Waals surface area contributed by atoms with E-state index in [1.165, 1.54) is 17.7 Å². The van der Waals surface area contributed by atoms with Gasteiger partial charge in [0.05, 0.1) is 8.66 Å². The molecule has 0 atom stereocenters. The Kier molecular flexibility index (Phi) is 3.31. The molecule has 0 aliphatic carbocycles. The molecule has 0 radical (unpaired) electrons. The molecule has 3 rings (SSSR count). The predicted molar refractivity (Wildman–Crippen MR) is 76.2 cm³/mol. The van der Waals surface area contributed by atoms with Crippen LogP contribution in [0.25, 0.3) is 5.65 Å². The minimum Gasteiger partial charge on any atom is -0.347 e. The van der Waals surface area contributed by atoms with Gasteiger partial charge in [-0.15, -0.1) is 11.3 Å². The number of pyridine rings is 1. The van der Waals surface area contributed by atoms with Crippen LogP contribution >= 0.6 is 27.3 Å². The van der Waals surface area contributed by atoms with Crippen LogP contribution in [0.5, 0.6) is 0 Å². The Bertz CT molecular complexity index is 736. The van der Waals surface area contributed by atoms with E-state index in [0.717, 1.165) is 15.0 Å². The fourth-order valence-corrected chi connectivity index (χ4v) is 2.97. The number of rotatable bonds is 3. The van der Waals surface area contributed by atoms with Crippen molar-refractivity contribution in [1.82, 2.24) is 19.9 Å². The van der Waals surface area contributed by atoms with Crippen molar-refractivity contribution >= 4 is 38.8 Å². The van der Waals surface area contributed by atoms with Crippen molar-refractivity contribution in [2.45, 2.75) is 6.54 Å². The monoisotopic (exact) mass is 336 g/mol. The number of hydrogen-bond donors (Lipinski definition) is 1. The van der Waals surface area contributed by atoms with Gasteiger partial charge < -0.3 is 5.32 Å². The molecule has 0 aromatic carbocycles. The molecule has 0 spiro atoms. The van der Waals surface area contributed by atoms with Gasteiger partial charge in [-0.1, -0.05) is 6.07 Å². The van der Waals surface area contributed by atoms with Crippen LogP contribution < -0.4 is 5.32 Å². The van der Waals surface area contributed by atoms with Gasteiger partial charge >= 0.3 is 0 Å². The average Bonchev–Trinajstić information content (AvgIpc) is 3.03. The zero-order chi connectivity index (χ0) is 13.2. The summed E-state index contributed by atoms with van der Waals surface area (Å²) >= 11 is 4.75. The van der Waals surface area contributed by atoms with Crippen molar-refractivity contribution in [3.8, 4) is 0 Å². The molecule has 0 saturated heterocycles. The van der Waals surface area contributed by atoms with Gasteiger partial charge in [-0.3, -0.25) is 4.79 Å². The second-order valence-electron chi connectivity index (χ2n) is 3.89. The fraction of sp³-hybridized carbons (Fsp3) is 0.0833. The second kappa shape index (κ2) is 5.10. The van der Waals surface area contributed by atoms with Gasteiger partial charge in [0.1, 0.15) is 6.33 Å². The van der Waals surface area contributed by atoms with E-state index in [2.05, 4.69) is 31.3 Å². The van der Waals surface area contributed by atoms with E-state index >= 15 is 0 Å². The summed E-state index contributed by atoms with van der Waals surface area (Å²) in [4.78, 5) is 16.6. The quantitative estimate of drug-likeness (QED) is 0.799. The number of nitrogens with zero attached hydrogens (tertiary/aromatic N) is 3. The van der Waals surface area contributed by atoms with Gasteiger partial charge in [0.15, 0.2) is 5.65 Å². The molecule has 0 saturated carbocycles. The van der Waals surface area contributed by atoms with Crippen LogP contribution in [-0.2, 0) is 6.54 Å². The maximum absolute atomic E-state index is 11.9. The molecule has 1 amide bonds. The Morgan fingerprint density at radius 3 is 3.05 bits per heavy atom. The number of thiophene rings is 1. The summed E-state index contributed by atoms with van der Waals surface area (Å²) in [7, 11) is 0. The lowest BCUT2D eigenvalue weighted by atomic mass is 10.3. The van der Waals surface area contributed by atoms with Gasteiger partial charge in [-0.25, -0.2) is 9.50 Å². The lowest BCUT2D eigenvalue weighted by molar-refractivity contribution is 0.0955. The SMILES string of the molecule is O=C(NCc1ccc2ncnn2c1)c1ccc(Br)s1. The van der Waals surface area contributed by atoms with E-state index < -0.39 is 0 Å². The molecule has 1 N–H and O–H groups in total. The van der Waals surface area contributed by atoms with Gasteiger partial charge in [0.25, 0.3) is 5.91 Å². The van der Waals surface area contributed by atoms with Crippen molar-refractivity contribution in [3.63, 3.8) is 0 Å². The minimum atomic E-state index is -0.0746. The normalized spacial score (nSPS) is 10.8. The summed E-state index contributed by atoms with van der Waals surface area (Å²) in [6.07, 6.45) is 3.35. The molecule has 19 heavy (non-hydrogen) atoms. The topological polar surface area (TPSA) is 59.3 Å². The number of halogens is 1. The summed E-state index contributed by atoms with van der Waals surface area (Å²) in [5.41, 5.74) is 1.76. The second-order valence-corrected chi connectivity index (χ2v) is 6.35. The maximum Gasteiger partial charge on any atom is 0.261 e. The largest absolute Gasteiger partial charge is 0.347 e. The van der Waals surface area contributed by atoms with Crippen LogP contribution in [0.1, 0.15) is 15.2 Å². The number of hydrogen-bond acceptors (Lipinski definition) is 4. The Balaban J connectivity index is 1.70. The van der Waals surface area contributed by atoms with Crippen molar-refractivity contribution in [2.75, 3.05) is 0 Å². The Morgan fingerprint density at radius 2 is 2.26 bits per heavy atom. The first-order valence-electron chi connectivity index (χ1n) is 5.54. The first-order valence-corrected chi connectivity index (χ1v) is 7.15. The zero-order valence-electron chi connectivity index (χ0n) is 9.71. The van der Waals surface area contributed by atoms with Crippen molar-refractivity contribution in [2.24, 2.45) is 0 Å². The Labute approximate surface area is 121 Å². The van der Waals surface area contributed by atoms with E-state index in [-0.39, 0.29) is 5.91 Å². The smallest absolute Gasteiger partial charge is 0.261 e. The van der Waals surface area contributed by atoms with Gasteiger partial charge in [0.2, 0.25) is 0 Å². The molecule has 0 fully saturated rings. The van der Waals surface area contributed by atoms with Crippen LogP contribution in [0.3, 0.4) is 0 Å². The summed E-state index contributed by atoms with van der Waals surface area (Å²) in [6.45, 7) is 0.462. The van der Waals surface area contributed by atoms with Gasteiger partial charge in [-0.05, 0) is 39.7 Å². The molecule has 0 bridgehead atoms. The van der Waals surface area contributed by atoms with Gasteiger partial charge in [-0.2, -0.15) is 5.10 Å². The third-order valence-electron chi connectivity index (χ3n) is 2.59. The number of carbonyl (C=O) groups is 1. The van der Waals surface area contributed by atoms with Crippen LogP contribution in [0, 0.1) is 0 Å². The van der Waals surface area contributed by atoms with E-state index in [1.807, 2.05) is 24.4 Å². The number of nitrogens with one attached hydrogen (secondary N) is 1. The first-order chi connectivity index (χ1) is 9.22. The molecular weight excluding hydrogens is 328 g/mol. The third-order valence-corrected chi connectivity index (χ3v) is 4.21. The standard InChI is InChI=1S/C12H9BrN4OS/c13-10-3-2-9(19-10)12(18)14-5-8-1-4-11-15-7-16-17(11)6-8/h1-4,6-7H,5H2,(H,14,18). The molecule has 0 aliphatic rings. The number of carbonyl (C=O) groups excluding carboxylic acids is 1. The summed E-state index contributed by atoms with van der Waals surface area (Å²) in [5, 5.41) is 6.93. The molecule has 3 aromatic rings. The Morgan fingerprint density at radius 1 is 1.37 bits per heavy atom. The van der Waals surface area contributed by atoms with E-state index in [9.17, 15) is 4.79 Å². The van der Waals surface area contributed by atoms with Crippen LogP contribution in [0.15, 0.2) is 40.6 Å². The molecular formula is C12H9BrN4OS. The first kappa shape index (κ1) is 12.3. The predicted octanol–water partition coefficient (Wildman–Crippen LogP) is 2.48. The van der Waals surface area contributed by atoms with Gasteiger partial charge in [0, 0.05) is 12.7 Å². The molecule has 3 heterocycles. The minimum absolute atomic E-state index is 0.0746. The van der Waals surface area contributed by atoms with Crippen molar-refractivity contribution < 1.29 is 4.79 Å². The Hall–Kier alpha value is -1.73. The van der Waals surface area contributed by atoms with E-state index in [4.69, 9.17) is 0 Å². The highest BCUT2D eigenvalue weighted by atomic mass is 79.9. The number of fused-ring (bicyclic) bond motifs is 1. The van der Waals surface area contributed by atoms with Crippen LogP contribution in [0.4, 0.5) is 0 Å². The molecule has 3 aromatic heterocycles. The number of amides is 1. The average molecular weight is 337 g/mol. The van der Waals surface area contributed by atoms with Crippen LogP contribution in [0.2, 0.25) is 0 Å². The van der Waals surface area contributed by atoms with Crippen molar-refractivity contribution in [1.29, 1.82) is 0 Å². The highest BCUT2D eigenvalue weighted by Crippen LogP contribution is 2.21. The summed E-state index contributed by atoms with van der Waals surface area (Å²) < 4.78 is 2.63. The highest BCUT2D eigenvalue weighted by molar-refractivity contribution is 9.11. The zero-order valence-corrected chi connectivity index (χ0v) is 12.1. The van der Waals surface area contributed by atoms with E-state index in [1.54, 1.807) is 10.6 Å². The van der Waals surface area contributed by atoms with E-state index in [0.29, 0.717) is 11.4 Å². The summed E-state index contributed by atoms with van der Waals surface area (Å²) in [6, 6.07) is 7.45. The highest BCUT2D eigenvalue weighted by Gasteiger charge is 2.08. The third kappa shape index (κ3) is 2.66.